The van der Waals surface area contributed by atoms with Gasteiger partial charge in [-0.2, -0.15) is 5.10 Å². The van der Waals surface area contributed by atoms with Crippen molar-refractivity contribution in [3.63, 3.8) is 0 Å². The molecule has 7 rings (SSSR count). The summed E-state index contributed by atoms with van der Waals surface area (Å²) in [6.07, 6.45) is -1.22. The second-order valence-electron chi connectivity index (χ2n) is 9.60. The summed E-state index contributed by atoms with van der Waals surface area (Å²) in [6, 6.07) is 34.7. The van der Waals surface area contributed by atoms with Gasteiger partial charge in [0, 0.05) is 31.0 Å². The van der Waals surface area contributed by atoms with Crippen LogP contribution in [0.3, 0.4) is 0 Å². The number of rotatable bonds is 4. The summed E-state index contributed by atoms with van der Waals surface area (Å²) in [5, 5.41) is 17.6. The van der Waals surface area contributed by atoms with Crippen molar-refractivity contribution in [2.24, 2.45) is 0 Å². The van der Waals surface area contributed by atoms with Crippen LogP contribution in [-0.4, -0.2) is 26.5 Å². The first-order chi connectivity index (χ1) is 19.1. The fraction of sp³-hybridized carbons (Fsp3) is 0.0938. The lowest BCUT2D eigenvalue weighted by molar-refractivity contribution is -0.0161. The number of aromatic amines is 1. The number of aromatic nitrogens is 3. The van der Waals surface area contributed by atoms with Gasteiger partial charge in [-0.05, 0) is 53.6 Å². The van der Waals surface area contributed by atoms with Crippen LogP contribution in [0, 0.1) is 0 Å². The van der Waals surface area contributed by atoms with Crippen LogP contribution in [0.2, 0.25) is 0 Å². The average Bonchev–Trinajstić information content (AvgIpc) is 3.55. The first-order valence-electron chi connectivity index (χ1n) is 12.7. The highest BCUT2D eigenvalue weighted by atomic mass is 79.9. The van der Waals surface area contributed by atoms with E-state index in [0.717, 1.165) is 64.9 Å². The number of nitrogens with zero attached hydrogens (tertiary/aromatic N) is 2. The molecule has 0 aliphatic carbocycles. The fourth-order valence-corrected chi connectivity index (χ4v) is 5.99. The van der Waals surface area contributed by atoms with Crippen molar-refractivity contribution >= 4 is 42.8 Å². The quantitative estimate of drug-likeness (QED) is 0.203. The number of aliphatic hydroxyl groups is 1. The van der Waals surface area contributed by atoms with Gasteiger partial charge in [-0.3, -0.25) is 0 Å². The Morgan fingerprint density at radius 2 is 1.49 bits per heavy atom. The van der Waals surface area contributed by atoms with Gasteiger partial charge in [-0.1, -0.05) is 92.5 Å². The Kier molecular flexibility index (Phi) is 6.24. The Bertz CT molecular complexity index is 1790. The van der Waals surface area contributed by atoms with Gasteiger partial charge in [0.15, 0.2) is 0 Å². The van der Waals surface area contributed by atoms with Gasteiger partial charge < -0.3 is 14.8 Å². The number of para-hydroxylation sites is 2. The third-order valence-corrected chi connectivity index (χ3v) is 8.26. The lowest BCUT2D eigenvalue weighted by Crippen LogP contribution is -2.23. The van der Waals surface area contributed by atoms with Crippen LogP contribution < -0.4 is 0 Å². The number of nitrogens with one attached hydrogen (secondary N) is 1. The molecule has 0 saturated carbocycles. The van der Waals surface area contributed by atoms with Crippen LogP contribution in [0.1, 0.15) is 29.0 Å². The maximum atomic E-state index is 11.3. The number of hydrogen-bond donors (Lipinski definition) is 2. The van der Waals surface area contributed by atoms with Crippen LogP contribution in [0.4, 0.5) is 0 Å². The Morgan fingerprint density at radius 1 is 0.821 bits per heavy atom. The molecule has 7 heteroatoms. The van der Waals surface area contributed by atoms with Crippen LogP contribution in [0.15, 0.2) is 112 Å². The lowest BCUT2D eigenvalue weighted by atomic mass is 9.92. The molecule has 0 bridgehead atoms. The van der Waals surface area contributed by atoms with E-state index in [0.29, 0.717) is 0 Å². The number of halogens is 2. The Morgan fingerprint density at radius 3 is 2.23 bits per heavy atom. The largest absolute Gasteiger partial charge is 0.384 e. The van der Waals surface area contributed by atoms with Crippen molar-refractivity contribution in [3.8, 4) is 28.2 Å². The molecule has 0 amide bonds. The molecule has 4 aromatic carbocycles. The van der Waals surface area contributed by atoms with Gasteiger partial charge in [0.2, 0.25) is 0 Å². The van der Waals surface area contributed by atoms with Crippen molar-refractivity contribution in [2.75, 3.05) is 6.61 Å². The number of ether oxygens (including phenoxy) is 1. The number of fused-ring (bicyclic) bond motifs is 2. The molecule has 0 unspecified atom stereocenters. The summed E-state index contributed by atoms with van der Waals surface area (Å²) in [5.74, 6) is 0. The molecule has 2 N–H and O–H groups in total. The highest BCUT2D eigenvalue weighted by molar-refractivity contribution is 9.10. The molecule has 3 heterocycles. The van der Waals surface area contributed by atoms with E-state index in [1.807, 2.05) is 53.2 Å². The van der Waals surface area contributed by atoms with Crippen molar-refractivity contribution < 1.29 is 9.84 Å². The number of aliphatic hydroxyl groups excluding tert-OH is 1. The van der Waals surface area contributed by atoms with Gasteiger partial charge in [-0.15, -0.1) is 0 Å². The van der Waals surface area contributed by atoms with Crippen molar-refractivity contribution in [2.45, 2.75) is 12.2 Å². The fourth-order valence-electron chi connectivity index (χ4n) is 5.46. The minimum absolute atomic E-state index is 0.179. The van der Waals surface area contributed by atoms with E-state index in [1.165, 1.54) is 0 Å². The summed E-state index contributed by atoms with van der Waals surface area (Å²) in [6.45, 7) is 0.179. The van der Waals surface area contributed by atoms with Crippen LogP contribution in [0.5, 0.6) is 0 Å². The van der Waals surface area contributed by atoms with E-state index in [2.05, 4.69) is 91.4 Å². The summed E-state index contributed by atoms with van der Waals surface area (Å²) in [5.41, 5.74) is 8.31. The Balaban J connectivity index is 1.55. The van der Waals surface area contributed by atoms with Crippen molar-refractivity contribution in [1.82, 2.24) is 14.8 Å². The summed E-state index contributed by atoms with van der Waals surface area (Å²) in [7, 11) is 0. The molecule has 2 aromatic heterocycles. The van der Waals surface area contributed by atoms with E-state index < -0.39 is 12.2 Å². The smallest absolute Gasteiger partial charge is 0.120 e. The molecular weight excluding hydrogens is 618 g/mol. The molecule has 0 fully saturated rings. The number of hydrogen-bond acceptors (Lipinski definition) is 3. The first-order valence-corrected chi connectivity index (χ1v) is 14.3. The van der Waals surface area contributed by atoms with Gasteiger partial charge in [-0.25, -0.2) is 4.68 Å². The monoisotopic (exact) mass is 639 g/mol. The zero-order chi connectivity index (χ0) is 26.5. The van der Waals surface area contributed by atoms with Gasteiger partial charge in [0.25, 0.3) is 0 Å². The minimum atomic E-state index is -0.825. The number of benzene rings is 4. The zero-order valence-electron chi connectivity index (χ0n) is 20.7. The van der Waals surface area contributed by atoms with Crippen LogP contribution >= 0.6 is 31.9 Å². The molecule has 5 nitrogen and oxygen atoms in total. The Hall–Kier alpha value is -3.49. The summed E-state index contributed by atoms with van der Waals surface area (Å²) < 4.78 is 10.2. The van der Waals surface area contributed by atoms with E-state index in [1.54, 1.807) is 0 Å². The third kappa shape index (κ3) is 4.26. The summed E-state index contributed by atoms with van der Waals surface area (Å²) >= 11 is 7.13. The molecule has 192 valence electrons. The first kappa shape index (κ1) is 24.5. The second kappa shape index (κ2) is 9.92. The lowest BCUT2D eigenvalue weighted by Gasteiger charge is -2.28. The van der Waals surface area contributed by atoms with E-state index >= 15 is 0 Å². The van der Waals surface area contributed by atoms with E-state index in [9.17, 15) is 5.11 Å². The predicted octanol–water partition coefficient (Wildman–Crippen LogP) is 8.37. The highest BCUT2D eigenvalue weighted by Gasteiger charge is 2.37. The van der Waals surface area contributed by atoms with Crippen molar-refractivity contribution in [1.29, 1.82) is 0 Å². The van der Waals surface area contributed by atoms with E-state index in [-0.39, 0.29) is 6.61 Å². The van der Waals surface area contributed by atoms with Gasteiger partial charge in [0.1, 0.15) is 17.9 Å². The Labute approximate surface area is 242 Å². The van der Waals surface area contributed by atoms with Crippen LogP contribution in [0.25, 0.3) is 39.1 Å². The topological polar surface area (TPSA) is 63.1 Å². The molecule has 0 radical (unpaired) electrons. The minimum Gasteiger partial charge on any atom is -0.384 e. The molecule has 1 aliphatic rings. The maximum Gasteiger partial charge on any atom is 0.120 e. The van der Waals surface area contributed by atoms with E-state index in [4.69, 9.17) is 9.84 Å². The maximum absolute atomic E-state index is 11.3. The highest BCUT2D eigenvalue weighted by Crippen LogP contribution is 2.47. The molecular formula is C32H23Br2N3O2. The standard InChI is InChI=1S/C32H23Br2N3O2/c33-21-14-10-19(11-15-21)27-24-8-4-5-9-25(24)35-29(27)30-28-31(37(36-30)23-6-2-1-3-7-23)26(38)18-39-32(28)20-12-16-22(34)17-13-20/h1-17,26,32,35,38H,18H2/t26-,32+/m1/s1. The third-order valence-electron chi connectivity index (χ3n) is 7.21. The van der Waals surface area contributed by atoms with Gasteiger partial charge >= 0.3 is 0 Å². The van der Waals surface area contributed by atoms with Crippen LogP contribution in [-0.2, 0) is 4.74 Å². The predicted molar refractivity (Wildman–Crippen MR) is 161 cm³/mol. The second-order valence-corrected chi connectivity index (χ2v) is 11.4. The summed E-state index contributed by atoms with van der Waals surface area (Å²) in [4.78, 5) is 3.67. The molecule has 6 aromatic rings. The molecule has 2 atom stereocenters. The van der Waals surface area contributed by atoms with Crippen molar-refractivity contribution in [3.05, 3.63) is 129 Å². The number of H-pyrrole nitrogens is 1. The molecule has 0 saturated heterocycles. The molecule has 39 heavy (non-hydrogen) atoms. The average molecular weight is 641 g/mol. The SMILES string of the molecule is O[C@@H]1CO[C@@H](c2ccc(Br)cc2)c2c(-c3[nH]c4ccccc4c3-c3ccc(Br)cc3)nn(-c3ccccc3)c21. The van der Waals surface area contributed by atoms with Gasteiger partial charge in [0.05, 0.1) is 23.7 Å². The molecule has 0 spiro atoms. The normalized spacial score (nSPS) is 16.9. The molecule has 1 aliphatic heterocycles. The zero-order valence-corrected chi connectivity index (χ0v) is 23.9.